The van der Waals surface area contributed by atoms with Crippen LogP contribution in [0.15, 0.2) is 22.4 Å². The van der Waals surface area contributed by atoms with Gasteiger partial charge in [0.1, 0.15) is 0 Å². The zero-order valence-corrected chi connectivity index (χ0v) is 11.2. The minimum Gasteiger partial charge on any atom is -0.348 e. The molecule has 0 bridgehead atoms. The van der Waals surface area contributed by atoms with E-state index in [9.17, 15) is 9.59 Å². The normalized spacial score (nSPS) is 20.2. The van der Waals surface area contributed by atoms with Crippen LogP contribution in [0.5, 0.6) is 0 Å². The van der Waals surface area contributed by atoms with Crippen molar-refractivity contribution < 1.29 is 9.59 Å². The van der Waals surface area contributed by atoms with Gasteiger partial charge in [-0.2, -0.15) is 10.2 Å². The Bertz CT molecular complexity index is 613. The van der Waals surface area contributed by atoms with Crippen LogP contribution < -0.4 is 5.32 Å². The van der Waals surface area contributed by atoms with Crippen LogP contribution in [0.1, 0.15) is 23.4 Å². The van der Waals surface area contributed by atoms with Crippen molar-refractivity contribution in [3.8, 4) is 0 Å². The highest BCUT2D eigenvalue weighted by molar-refractivity contribution is 5.92. The molecule has 2 heterocycles. The quantitative estimate of drug-likeness (QED) is 0.866. The molecule has 7 nitrogen and oxygen atoms in total. The van der Waals surface area contributed by atoms with Crippen LogP contribution in [0, 0.1) is 0 Å². The summed E-state index contributed by atoms with van der Waals surface area (Å²) in [5, 5.41) is 14.3. The number of carbonyl (C=O) groups excluding carboxylic acids is 2. The summed E-state index contributed by atoms with van der Waals surface area (Å²) in [4.78, 5) is 22.8. The topological polar surface area (TPSA) is 88.7 Å². The lowest BCUT2D eigenvalue weighted by molar-refractivity contribution is -0.121. The third kappa shape index (κ3) is 2.26. The summed E-state index contributed by atoms with van der Waals surface area (Å²) in [6.07, 6.45) is 5.88. The Balaban J connectivity index is 1.65. The third-order valence-electron chi connectivity index (χ3n) is 3.60. The maximum atomic E-state index is 12.0. The predicted molar refractivity (Wildman–Crippen MR) is 69.9 cm³/mol. The predicted octanol–water partition coefficient (Wildman–Crippen LogP) is 0.442. The Labute approximate surface area is 115 Å². The van der Waals surface area contributed by atoms with E-state index in [0.29, 0.717) is 6.54 Å². The molecule has 0 saturated carbocycles. The van der Waals surface area contributed by atoms with Crippen molar-refractivity contribution in [2.45, 2.75) is 31.8 Å². The first kappa shape index (κ1) is 12.7. The number of hydrogen-bond donors (Lipinski definition) is 1. The number of rotatable bonds is 3. The number of azo groups is 1. The SMILES string of the molecule is Cn1nc2c(c1CNC(=O)C1C=CC(=O)N=N1)CCC2. The molecule has 104 valence electrons. The highest BCUT2D eigenvalue weighted by Gasteiger charge is 2.22. The summed E-state index contributed by atoms with van der Waals surface area (Å²) >= 11 is 0. The second kappa shape index (κ2) is 4.99. The second-order valence-corrected chi connectivity index (χ2v) is 4.92. The maximum Gasteiger partial charge on any atom is 0.287 e. The third-order valence-corrected chi connectivity index (χ3v) is 3.60. The Morgan fingerprint density at radius 3 is 3.10 bits per heavy atom. The van der Waals surface area contributed by atoms with Crippen LogP contribution in [-0.4, -0.2) is 27.6 Å². The van der Waals surface area contributed by atoms with Gasteiger partial charge in [0, 0.05) is 13.1 Å². The van der Waals surface area contributed by atoms with Crippen LogP contribution in [-0.2, 0) is 36.0 Å². The zero-order valence-electron chi connectivity index (χ0n) is 11.2. The second-order valence-electron chi connectivity index (χ2n) is 4.92. The minimum atomic E-state index is -0.714. The largest absolute Gasteiger partial charge is 0.348 e. The molecule has 7 heteroatoms. The molecule has 0 aromatic carbocycles. The lowest BCUT2D eigenvalue weighted by atomic mass is 10.2. The van der Waals surface area contributed by atoms with Crippen molar-refractivity contribution in [1.29, 1.82) is 0 Å². The molecule has 2 aliphatic rings. The molecule has 1 atom stereocenters. The molecule has 20 heavy (non-hydrogen) atoms. The van der Waals surface area contributed by atoms with Crippen molar-refractivity contribution >= 4 is 11.8 Å². The Morgan fingerprint density at radius 2 is 2.35 bits per heavy atom. The van der Waals surface area contributed by atoms with Crippen molar-refractivity contribution in [2.24, 2.45) is 17.3 Å². The zero-order chi connectivity index (χ0) is 14.1. The van der Waals surface area contributed by atoms with Gasteiger partial charge in [0.05, 0.1) is 17.9 Å². The standard InChI is InChI=1S/C13H15N5O2/c1-18-11(8-3-2-4-9(8)17-18)7-14-13(20)10-5-6-12(19)16-15-10/h5-6,10H,2-4,7H2,1H3,(H,14,20). The van der Waals surface area contributed by atoms with Gasteiger partial charge in [-0.3, -0.25) is 14.3 Å². The summed E-state index contributed by atoms with van der Waals surface area (Å²) in [6, 6.07) is -0.714. The molecule has 0 saturated heterocycles. The first-order valence-electron chi connectivity index (χ1n) is 6.59. The van der Waals surface area contributed by atoms with E-state index >= 15 is 0 Å². The molecule has 2 amide bonds. The fourth-order valence-electron chi connectivity index (χ4n) is 2.59. The van der Waals surface area contributed by atoms with Gasteiger partial charge in [0.2, 0.25) is 0 Å². The van der Waals surface area contributed by atoms with Crippen LogP contribution in [0.3, 0.4) is 0 Å². The van der Waals surface area contributed by atoms with Gasteiger partial charge in [-0.15, -0.1) is 5.11 Å². The van der Waals surface area contributed by atoms with E-state index in [4.69, 9.17) is 0 Å². The van der Waals surface area contributed by atoms with Crippen LogP contribution in [0.25, 0.3) is 0 Å². The number of amides is 2. The lowest BCUT2D eigenvalue weighted by Crippen LogP contribution is -2.33. The van der Waals surface area contributed by atoms with Gasteiger partial charge in [-0.25, -0.2) is 0 Å². The van der Waals surface area contributed by atoms with Crippen LogP contribution in [0.4, 0.5) is 0 Å². The van der Waals surface area contributed by atoms with Crippen molar-refractivity contribution in [1.82, 2.24) is 15.1 Å². The molecule has 1 aromatic rings. The van der Waals surface area contributed by atoms with E-state index < -0.39 is 11.9 Å². The fraction of sp³-hybridized carbons (Fsp3) is 0.462. The number of carbonyl (C=O) groups is 2. The minimum absolute atomic E-state index is 0.259. The van der Waals surface area contributed by atoms with E-state index in [1.165, 1.54) is 17.7 Å². The summed E-state index contributed by atoms with van der Waals surface area (Å²) < 4.78 is 1.83. The molecular formula is C13H15N5O2. The highest BCUT2D eigenvalue weighted by atomic mass is 16.2. The van der Waals surface area contributed by atoms with Crippen LogP contribution in [0.2, 0.25) is 0 Å². The van der Waals surface area contributed by atoms with E-state index in [1.807, 2.05) is 11.7 Å². The lowest BCUT2D eigenvalue weighted by Gasteiger charge is -2.11. The van der Waals surface area contributed by atoms with Crippen LogP contribution >= 0.6 is 0 Å². The van der Waals surface area contributed by atoms with Gasteiger partial charge in [-0.05, 0) is 30.9 Å². The summed E-state index contributed by atoms with van der Waals surface area (Å²) in [6.45, 7) is 0.422. The summed E-state index contributed by atoms with van der Waals surface area (Å²) in [5.41, 5.74) is 3.43. The van der Waals surface area contributed by atoms with Gasteiger partial charge in [0.25, 0.3) is 11.8 Å². The molecule has 0 spiro atoms. The number of fused-ring (bicyclic) bond motifs is 1. The summed E-state index contributed by atoms with van der Waals surface area (Å²) in [5.74, 6) is -0.691. The number of nitrogens with one attached hydrogen (secondary N) is 1. The number of hydrogen-bond acceptors (Lipinski definition) is 4. The van der Waals surface area contributed by atoms with E-state index in [0.717, 1.165) is 30.7 Å². The molecule has 3 rings (SSSR count). The molecule has 0 fully saturated rings. The molecule has 1 aliphatic heterocycles. The maximum absolute atomic E-state index is 12.0. The Hall–Kier alpha value is -2.31. The van der Waals surface area contributed by atoms with Gasteiger partial charge in [0.15, 0.2) is 6.04 Å². The van der Waals surface area contributed by atoms with Gasteiger partial charge in [-0.1, -0.05) is 0 Å². The number of aryl methyl sites for hydroxylation is 2. The first-order chi connectivity index (χ1) is 9.65. The average molecular weight is 273 g/mol. The molecule has 0 radical (unpaired) electrons. The van der Waals surface area contributed by atoms with Crippen molar-refractivity contribution in [3.63, 3.8) is 0 Å². The van der Waals surface area contributed by atoms with Crippen molar-refractivity contribution in [3.05, 3.63) is 29.1 Å². The highest BCUT2D eigenvalue weighted by Crippen LogP contribution is 2.24. The number of aromatic nitrogens is 2. The smallest absolute Gasteiger partial charge is 0.287 e. The Morgan fingerprint density at radius 1 is 1.50 bits per heavy atom. The van der Waals surface area contributed by atoms with Gasteiger partial charge >= 0.3 is 0 Å². The van der Waals surface area contributed by atoms with E-state index in [2.05, 4.69) is 20.6 Å². The van der Waals surface area contributed by atoms with Crippen molar-refractivity contribution in [2.75, 3.05) is 0 Å². The van der Waals surface area contributed by atoms with Gasteiger partial charge < -0.3 is 5.32 Å². The molecule has 1 N–H and O–H groups in total. The summed E-state index contributed by atoms with van der Waals surface area (Å²) in [7, 11) is 1.89. The average Bonchev–Trinajstić information content (AvgIpc) is 2.98. The number of nitrogens with zero attached hydrogens (tertiary/aromatic N) is 4. The molecule has 1 aliphatic carbocycles. The first-order valence-corrected chi connectivity index (χ1v) is 6.59. The monoisotopic (exact) mass is 273 g/mol. The van der Waals surface area contributed by atoms with E-state index in [-0.39, 0.29) is 5.91 Å². The van der Waals surface area contributed by atoms with E-state index in [1.54, 1.807) is 0 Å². The Kier molecular flexibility index (Phi) is 3.17. The molecular weight excluding hydrogens is 258 g/mol. The molecule has 1 unspecified atom stereocenters. The molecule has 1 aromatic heterocycles. The fourth-order valence-corrected chi connectivity index (χ4v) is 2.59.